The van der Waals surface area contributed by atoms with Crippen LogP contribution in [0.15, 0.2) is 5.38 Å². The van der Waals surface area contributed by atoms with Crippen LogP contribution in [0.4, 0.5) is 4.79 Å². The predicted octanol–water partition coefficient (Wildman–Crippen LogP) is 2.34. The number of hydrogen-bond acceptors (Lipinski definition) is 4. The summed E-state index contributed by atoms with van der Waals surface area (Å²) in [4.78, 5) is 26.9. The maximum Gasteiger partial charge on any atom is 0.407 e. The van der Waals surface area contributed by atoms with E-state index in [4.69, 9.17) is 4.74 Å². The summed E-state index contributed by atoms with van der Waals surface area (Å²) < 4.78 is 5.41. The lowest BCUT2D eigenvalue weighted by Gasteiger charge is -2.37. The Balaban J connectivity index is 1.46. The molecule has 22 heavy (non-hydrogen) atoms. The molecule has 0 radical (unpaired) electrons. The first-order valence-corrected chi connectivity index (χ1v) is 8.90. The normalized spacial score (nSPS) is 23.1. The second kappa shape index (κ2) is 5.26. The average molecular weight is 320 g/mol. The number of aryl methyl sites for hydroxylation is 1. The Hall–Kier alpha value is -1.56. The molecular weight excluding hydrogens is 300 g/mol. The molecule has 1 aliphatic carbocycles. The molecule has 0 aromatic carbocycles. The summed E-state index contributed by atoms with van der Waals surface area (Å²) >= 11 is 1.60. The zero-order valence-electron chi connectivity index (χ0n) is 12.5. The standard InChI is InChI=1S/C16H20N2O3S/c19-14(13-12-4-2-1-3-11(12)9-22-13)18-7-5-16(6-8-18)10-17-15(20)21-16/h9H,1-8,10H2,(H,17,20). The summed E-state index contributed by atoms with van der Waals surface area (Å²) in [5, 5.41) is 4.89. The van der Waals surface area contributed by atoms with Gasteiger partial charge in [-0.25, -0.2) is 4.79 Å². The van der Waals surface area contributed by atoms with Gasteiger partial charge in [0.15, 0.2) is 0 Å². The lowest BCUT2D eigenvalue weighted by molar-refractivity contribution is 0.00342. The first-order valence-electron chi connectivity index (χ1n) is 8.02. The summed E-state index contributed by atoms with van der Waals surface area (Å²) in [6.07, 6.45) is 5.71. The molecule has 1 aromatic rings. The van der Waals surface area contributed by atoms with E-state index >= 15 is 0 Å². The lowest BCUT2D eigenvalue weighted by Crippen LogP contribution is -2.48. The molecule has 2 aliphatic heterocycles. The fourth-order valence-corrected chi connectivity index (χ4v) is 4.87. The van der Waals surface area contributed by atoms with Gasteiger partial charge in [-0.3, -0.25) is 4.79 Å². The summed E-state index contributed by atoms with van der Waals surface area (Å²) in [6.45, 7) is 1.91. The molecule has 0 saturated carbocycles. The zero-order valence-corrected chi connectivity index (χ0v) is 13.3. The number of thiophene rings is 1. The van der Waals surface area contributed by atoms with Crippen molar-refractivity contribution in [1.29, 1.82) is 0 Å². The smallest absolute Gasteiger partial charge is 0.407 e. The highest BCUT2D eigenvalue weighted by atomic mass is 32.1. The number of alkyl carbamates (subject to hydrolysis) is 1. The molecule has 1 aromatic heterocycles. The molecule has 4 rings (SSSR count). The van der Waals surface area contributed by atoms with Crippen LogP contribution in [0, 0.1) is 0 Å². The molecule has 0 unspecified atom stereocenters. The molecule has 3 aliphatic rings. The van der Waals surface area contributed by atoms with Gasteiger partial charge < -0.3 is 15.0 Å². The summed E-state index contributed by atoms with van der Waals surface area (Å²) in [5.41, 5.74) is 2.28. The van der Waals surface area contributed by atoms with Gasteiger partial charge in [0.1, 0.15) is 5.60 Å². The predicted molar refractivity (Wildman–Crippen MR) is 83.3 cm³/mol. The number of hydrogen-bond donors (Lipinski definition) is 1. The average Bonchev–Trinajstić information content (AvgIpc) is 3.12. The van der Waals surface area contributed by atoms with E-state index < -0.39 is 0 Å². The number of fused-ring (bicyclic) bond motifs is 1. The zero-order chi connectivity index (χ0) is 15.2. The van der Waals surface area contributed by atoms with Crippen LogP contribution in [-0.2, 0) is 17.6 Å². The van der Waals surface area contributed by atoms with Gasteiger partial charge in [0.2, 0.25) is 0 Å². The van der Waals surface area contributed by atoms with Crippen molar-refractivity contribution in [3.05, 3.63) is 21.4 Å². The molecule has 5 nitrogen and oxygen atoms in total. The SMILES string of the molecule is O=C1NCC2(CCN(C(=O)c3scc4c3CCCC4)CC2)O1. The molecule has 0 bridgehead atoms. The van der Waals surface area contributed by atoms with Crippen molar-refractivity contribution in [2.75, 3.05) is 19.6 Å². The van der Waals surface area contributed by atoms with Crippen LogP contribution in [0.1, 0.15) is 46.5 Å². The minimum Gasteiger partial charge on any atom is -0.441 e. The fourth-order valence-electron chi connectivity index (χ4n) is 3.74. The quantitative estimate of drug-likeness (QED) is 0.864. The number of likely N-dealkylation sites (tertiary alicyclic amines) is 1. The first-order chi connectivity index (χ1) is 10.7. The highest BCUT2D eigenvalue weighted by Crippen LogP contribution is 2.33. The van der Waals surface area contributed by atoms with E-state index in [-0.39, 0.29) is 17.6 Å². The second-order valence-electron chi connectivity index (χ2n) is 6.49. The Morgan fingerprint density at radius 3 is 2.77 bits per heavy atom. The molecule has 1 N–H and O–H groups in total. The van der Waals surface area contributed by atoms with Crippen molar-refractivity contribution in [2.24, 2.45) is 0 Å². The van der Waals surface area contributed by atoms with Crippen molar-refractivity contribution in [1.82, 2.24) is 10.2 Å². The number of amides is 2. The van der Waals surface area contributed by atoms with Gasteiger partial charge in [-0.15, -0.1) is 11.3 Å². The van der Waals surface area contributed by atoms with Crippen molar-refractivity contribution in [2.45, 2.75) is 44.1 Å². The third kappa shape index (κ3) is 2.29. The molecule has 118 valence electrons. The third-order valence-corrected chi connectivity index (χ3v) is 6.18. The van der Waals surface area contributed by atoms with Gasteiger partial charge in [-0.2, -0.15) is 0 Å². The topological polar surface area (TPSA) is 58.6 Å². The van der Waals surface area contributed by atoms with Crippen molar-refractivity contribution < 1.29 is 14.3 Å². The summed E-state index contributed by atoms with van der Waals surface area (Å²) in [5.74, 6) is 0.167. The summed E-state index contributed by atoms with van der Waals surface area (Å²) in [6, 6.07) is 0. The van der Waals surface area contributed by atoms with E-state index in [1.54, 1.807) is 11.3 Å². The minimum atomic E-state index is -0.386. The van der Waals surface area contributed by atoms with E-state index in [1.807, 2.05) is 4.90 Å². The molecule has 3 heterocycles. The molecule has 1 spiro atoms. The molecule has 2 amide bonds. The number of nitrogens with zero attached hydrogens (tertiary/aromatic N) is 1. The maximum atomic E-state index is 12.8. The maximum absolute atomic E-state index is 12.8. The van der Waals surface area contributed by atoms with E-state index in [2.05, 4.69) is 10.7 Å². The Kier molecular flexibility index (Phi) is 3.36. The Bertz CT molecular complexity index is 617. The lowest BCUT2D eigenvalue weighted by atomic mass is 9.90. The minimum absolute atomic E-state index is 0.167. The number of ether oxygens (including phenoxy) is 1. The molecule has 0 atom stereocenters. The van der Waals surface area contributed by atoms with Crippen LogP contribution < -0.4 is 5.32 Å². The fraction of sp³-hybridized carbons (Fsp3) is 0.625. The van der Waals surface area contributed by atoms with Crippen molar-refractivity contribution in [3.63, 3.8) is 0 Å². The monoisotopic (exact) mass is 320 g/mol. The number of rotatable bonds is 1. The van der Waals surface area contributed by atoms with Gasteiger partial charge in [-0.05, 0) is 42.2 Å². The highest BCUT2D eigenvalue weighted by molar-refractivity contribution is 7.12. The number of carbonyl (C=O) groups excluding carboxylic acids is 2. The first kappa shape index (κ1) is 14.1. The van der Waals surface area contributed by atoms with E-state index in [1.165, 1.54) is 24.0 Å². The van der Waals surface area contributed by atoms with Crippen LogP contribution >= 0.6 is 11.3 Å². The third-order valence-electron chi connectivity index (χ3n) is 5.12. The number of piperidine rings is 1. The van der Waals surface area contributed by atoms with Crippen LogP contribution in [-0.4, -0.2) is 42.1 Å². The van der Waals surface area contributed by atoms with Crippen LogP contribution in [0.5, 0.6) is 0 Å². The summed E-state index contributed by atoms with van der Waals surface area (Å²) in [7, 11) is 0. The van der Waals surface area contributed by atoms with Gasteiger partial charge in [0, 0.05) is 25.9 Å². The van der Waals surface area contributed by atoms with Crippen molar-refractivity contribution >= 4 is 23.3 Å². The van der Waals surface area contributed by atoms with Crippen LogP contribution in [0.25, 0.3) is 0 Å². The van der Waals surface area contributed by atoms with E-state index in [9.17, 15) is 9.59 Å². The van der Waals surface area contributed by atoms with Crippen LogP contribution in [0.2, 0.25) is 0 Å². The van der Waals surface area contributed by atoms with Crippen LogP contribution in [0.3, 0.4) is 0 Å². The Labute approximate surface area is 133 Å². The largest absolute Gasteiger partial charge is 0.441 e. The second-order valence-corrected chi connectivity index (χ2v) is 7.37. The van der Waals surface area contributed by atoms with E-state index in [0.717, 1.165) is 30.6 Å². The highest BCUT2D eigenvalue weighted by Gasteiger charge is 2.44. The molecular formula is C16H20N2O3S. The Morgan fingerprint density at radius 1 is 1.27 bits per heavy atom. The van der Waals surface area contributed by atoms with Gasteiger partial charge in [0.25, 0.3) is 5.91 Å². The van der Waals surface area contributed by atoms with Gasteiger partial charge >= 0.3 is 6.09 Å². The molecule has 2 fully saturated rings. The molecule has 2 saturated heterocycles. The van der Waals surface area contributed by atoms with E-state index in [0.29, 0.717) is 19.6 Å². The number of nitrogens with one attached hydrogen (secondary N) is 1. The number of carbonyl (C=O) groups is 2. The van der Waals surface area contributed by atoms with Gasteiger partial charge in [-0.1, -0.05) is 0 Å². The van der Waals surface area contributed by atoms with Gasteiger partial charge in [0.05, 0.1) is 11.4 Å². The Morgan fingerprint density at radius 2 is 2.05 bits per heavy atom. The molecule has 6 heteroatoms. The van der Waals surface area contributed by atoms with Crippen molar-refractivity contribution in [3.8, 4) is 0 Å².